The zero-order valence-corrected chi connectivity index (χ0v) is 12.5. The van der Waals surface area contributed by atoms with Gasteiger partial charge in [0.05, 0.1) is 5.41 Å². The Morgan fingerprint density at radius 1 is 1.45 bits per heavy atom. The van der Waals surface area contributed by atoms with Gasteiger partial charge in [-0.15, -0.1) is 0 Å². The third-order valence-corrected chi connectivity index (χ3v) is 5.48. The van der Waals surface area contributed by atoms with Crippen molar-refractivity contribution in [2.24, 2.45) is 16.7 Å². The number of nitrogens with one attached hydrogen (secondary N) is 1. The maximum absolute atomic E-state index is 12.8. The topological polar surface area (TPSA) is 42.0 Å². The second-order valence-corrected chi connectivity index (χ2v) is 6.90. The Morgan fingerprint density at radius 3 is 2.75 bits per heavy atom. The lowest BCUT2D eigenvalue weighted by atomic mass is 9.68. The zero-order chi connectivity index (χ0) is 14.5. The summed E-state index contributed by atoms with van der Waals surface area (Å²) < 4.78 is 0. The van der Waals surface area contributed by atoms with E-state index in [1.165, 1.54) is 0 Å². The highest BCUT2D eigenvalue weighted by atomic mass is 16.2. The number of carbonyl (C=O) groups is 1. The number of hydrogen-bond acceptors (Lipinski definition) is 2. The van der Waals surface area contributed by atoms with Gasteiger partial charge in [0, 0.05) is 6.20 Å². The minimum Gasteiger partial charge on any atom is -0.310 e. The van der Waals surface area contributed by atoms with Crippen molar-refractivity contribution in [1.82, 2.24) is 4.98 Å². The number of rotatable bonds is 2. The largest absolute Gasteiger partial charge is 0.310 e. The fourth-order valence-corrected chi connectivity index (χ4v) is 3.92. The highest BCUT2D eigenvalue weighted by molar-refractivity contribution is 5.97. The van der Waals surface area contributed by atoms with E-state index in [-0.39, 0.29) is 16.7 Å². The van der Waals surface area contributed by atoms with Gasteiger partial charge in [0.1, 0.15) is 5.82 Å². The van der Waals surface area contributed by atoms with Crippen LogP contribution in [0.1, 0.15) is 38.7 Å². The molecular formula is C17H22N2O. The average Bonchev–Trinajstić information content (AvgIpc) is 2.93. The lowest BCUT2D eigenvalue weighted by molar-refractivity contribution is -0.123. The number of fused-ring (bicyclic) bond motifs is 2. The minimum absolute atomic E-state index is 0.0759. The number of hydrogen-bond donors (Lipinski definition) is 1. The summed E-state index contributed by atoms with van der Waals surface area (Å²) in [6.07, 6.45) is 4.77. The Balaban J connectivity index is 1.84. The number of nitrogens with zero attached hydrogens (tertiary/aromatic N) is 1. The monoisotopic (exact) mass is 270 g/mol. The van der Waals surface area contributed by atoms with Crippen LogP contribution < -0.4 is 5.32 Å². The molecule has 0 spiro atoms. The standard InChI is InChI=1S/C17H22N2O/c1-11-5-6-14(18-10-11)19-15(20)17-8-7-13(9-17)16(3,4)12(17)2/h5-6,10,13H,2,7-9H2,1,3-4H3,(H,18,19,20)/t13-,17+/m1/s1. The first-order valence-corrected chi connectivity index (χ1v) is 7.30. The van der Waals surface area contributed by atoms with Crippen LogP contribution in [0.2, 0.25) is 0 Å². The fraction of sp³-hybridized carbons (Fsp3) is 0.529. The lowest BCUT2D eigenvalue weighted by Crippen LogP contribution is -2.37. The van der Waals surface area contributed by atoms with Gasteiger partial charge in [-0.05, 0) is 49.1 Å². The van der Waals surface area contributed by atoms with Crippen molar-refractivity contribution in [2.45, 2.75) is 40.0 Å². The van der Waals surface area contributed by atoms with Crippen molar-refractivity contribution in [3.8, 4) is 0 Å². The van der Waals surface area contributed by atoms with Crippen LogP contribution in [0.4, 0.5) is 5.82 Å². The van der Waals surface area contributed by atoms with Gasteiger partial charge in [0.25, 0.3) is 0 Å². The summed E-state index contributed by atoms with van der Waals surface area (Å²) >= 11 is 0. The molecule has 2 fully saturated rings. The Kier molecular flexibility index (Phi) is 2.79. The molecule has 2 atom stereocenters. The van der Waals surface area contributed by atoms with Crippen LogP contribution in [-0.4, -0.2) is 10.9 Å². The number of amides is 1. The van der Waals surface area contributed by atoms with Crippen LogP contribution in [0, 0.1) is 23.7 Å². The molecule has 0 unspecified atom stereocenters. The Hall–Kier alpha value is -1.64. The van der Waals surface area contributed by atoms with E-state index in [0.717, 1.165) is 30.4 Å². The second kappa shape index (κ2) is 4.18. The van der Waals surface area contributed by atoms with Gasteiger partial charge in [0.15, 0.2) is 0 Å². The molecule has 2 aliphatic carbocycles. The van der Waals surface area contributed by atoms with Gasteiger partial charge in [-0.2, -0.15) is 0 Å². The molecule has 2 aliphatic rings. The molecule has 3 nitrogen and oxygen atoms in total. The molecule has 106 valence electrons. The van der Waals surface area contributed by atoms with Gasteiger partial charge in [-0.1, -0.05) is 32.1 Å². The Morgan fingerprint density at radius 2 is 2.20 bits per heavy atom. The Bertz CT molecular complexity index is 573. The van der Waals surface area contributed by atoms with Gasteiger partial charge in [0.2, 0.25) is 5.91 Å². The van der Waals surface area contributed by atoms with Gasteiger partial charge in [-0.25, -0.2) is 4.98 Å². The summed E-state index contributed by atoms with van der Waals surface area (Å²) in [4.78, 5) is 17.0. The number of aryl methyl sites for hydroxylation is 1. The quantitative estimate of drug-likeness (QED) is 0.832. The normalized spacial score (nSPS) is 30.6. The second-order valence-electron chi connectivity index (χ2n) is 6.90. The molecular weight excluding hydrogens is 248 g/mol. The molecule has 0 aromatic carbocycles. The molecule has 0 saturated heterocycles. The van der Waals surface area contributed by atoms with Crippen molar-refractivity contribution in [3.05, 3.63) is 36.0 Å². The molecule has 2 bridgehead atoms. The fourth-order valence-electron chi connectivity index (χ4n) is 3.92. The van der Waals surface area contributed by atoms with Crippen LogP contribution >= 0.6 is 0 Å². The summed E-state index contributed by atoms with van der Waals surface area (Å²) in [5, 5.41) is 2.99. The summed E-state index contributed by atoms with van der Waals surface area (Å²) in [7, 11) is 0. The van der Waals surface area contributed by atoms with E-state index in [9.17, 15) is 4.79 Å². The number of pyridine rings is 1. The van der Waals surface area contributed by atoms with E-state index in [1.54, 1.807) is 6.20 Å². The first-order chi connectivity index (χ1) is 9.36. The van der Waals surface area contributed by atoms with Crippen LogP contribution in [0.25, 0.3) is 0 Å². The molecule has 0 aliphatic heterocycles. The molecule has 20 heavy (non-hydrogen) atoms. The molecule has 3 heteroatoms. The van der Waals surface area contributed by atoms with Crippen LogP contribution in [0.3, 0.4) is 0 Å². The zero-order valence-electron chi connectivity index (χ0n) is 12.5. The third-order valence-electron chi connectivity index (χ3n) is 5.48. The maximum Gasteiger partial charge on any atom is 0.235 e. The van der Waals surface area contributed by atoms with Gasteiger partial charge >= 0.3 is 0 Å². The van der Waals surface area contributed by atoms with Crippen molar-refractivity contribution < 1.29 is 4.79 Å². The number of anilines is 1. The van der Waals surface area contributed by atoms with Crippen molar-refractivity contribution in [2.75, 3.05) is 5.32 Å². The van der Waals surface area contributed by atoms with Crippen LogP contribution in [-0.2, 0) is 4.79 Å². The van der Waals surface area contributed by atoms with E-state index in [0.29, 0.717) is 11.7 Å². The highest BCUT2D eigenvalue weighted by Crippen LogP contribution is 2.65. The van der Waals surface area contributed by atoms with Gasteiger partial charge < -0.3 is 5.32 Å². The molecule has 1 aromatic heterocycles. The number of carbonyl (C=O) groups excluding carboxylic acids is 1. The molecule has 3 rings (SSSR count). The summed E-state index contributed by atoms with van der Waals surface area (Å²) in [6.45, 7) is 10.7. The molecule has 2 saturated carbocycles. The van der Waals surface area contributed by atoms with Crippen molar-refractivity contribution in [1.29, 1.82) is 0 Å². The first kappa shape index (κ1) is 13.3. The first-order valence-electron chi connectivity index (χ1n) is 7.30. The van der Waals surface area contributed by atoms with E-state index in [2.05, 4.69) is 30.7 Å². The molecule has 1 heterocycles. The van der Waals surface area contributed by atoms with E-state index >= 15 is 0 Å². The van der Waals surface area contributed by atoms with Crippen molar-refractivity contribution >= 4 is 11.7 Å². The van der Waals surface area contributed by atoms with E-state index in [4.69, 9.17) is 0 Å². The molecule has 1 aromatic rings. The predicted octanol–water partition coefficient (Wildman–Crippen LogP) is 3.71. The maximum atomic E-state index is 12.8. The summed E-state index contributed by atoms with van der Waals surface area (Å²) in [6, 6.07) is 3.82. The molecule has 0 radical (unpaired) electrons. The van der Waals surface area contributed by atoms with E-state index in [1.807, 2.05) is 19.1 Å². The molecule has 1 N–H and O–H groups in total. The van der Waals surface area contributed by atoms with Crippen molar-refractivity contribution in [3.63, 3.8) is 0 Å². The average molecular weight is 270 g/mol. The highest BCUT2D eigenvalue weighted by Gasteiger charge is 2.60. The van der Waals surface area contributed by atoms with Crippen LogP contribution in [0.15, 0.2) is 30.5 Å². The summed E-state index contributed by atoms with van der Waals surface area (Å²) in [5.41, 5.74) is 1.90. The Labute approximate surface area is 120 Å². The smallest absolute Gasteiger partial charge is 0.235 e. The third kappa shape index (κ3) is 1.72. The van der Waals surface area contributed by atoms with E-state index < -0.39 is 0 Å². The summed E-state index contributed by atoms with van der Waals surface area (Å²) in [5.74, 6) is 1.30. The SMILES string of the molecule is C=C1C(C)(C)[C@@H]2CC[C@]1(C(=O)Nc1ccc(C)cn1)C2. The predicted molar refractivity (Wildman–Crippen MR) is 80.3 cm³/mol. The van der Waals surface area contributed by atoms with Gasteiger partial charge in [-0.3, -0.25) is 4.79 Å². The molecule has 1 amide bonds. The van der Waals surface area contributed by atoms with Crippen LogP contribution in [0.5, 0.6) is 0 Å². The lowest BCUT2D eigenvalue weighted by Gasteiger charge is -2.37. The number of aromatic nitrogens is 1. The minimum atomic E-state index is -0.374.